The van der Waals surface area contributed by atoms with Crippen LogP contribution in [0.4, 0.5) is 5.69 Å². The van der Waals surface area contributed by atoms with Crippen LogP contribution in [-0.2, 0) is 4.79 Å². The van der Waals surface area contributed by atoms with Crippen LogP contribution >= 0.6 is 24.2 Å². The average molecular weight is 264 g/mol. The number of carbonyl (C=O) groups excluding carboxylic acids is 1. The second-order valence-corrected chi connectivity index (χ2v) is 3.66. The number of nitrogens with zero attached hydrogens (tertiary/aromatic N) is 1. The van der Waals surface area contributed by atoms with E-state index in [0.717, 1.165) is 4.90 Å². The highest BCUT2D eigenvalue weighted by Gasteiger charge is 2.05. The smallest absolute Gasteiger partial charge is 0.269 e. The highest BCUT2D eigenvalue weighted by molar-refractivity contribution is 8.00. The van der Waals surface area contributed by atoms with Crippen molar-refractivity contribution in [3.8, 4) is 0 Å². The topological polar surface area (TPSA) is 98.3 Å². The molecular formula is C8H10ClN3O3S. The molecule has 8 heteroatoms. The SMILES string of the molecule is Cl.NNC(=O)CSc1ccc([N+](=O)[O-])cc1. The van der Waals surface area contributed by atoms with Gasteiger partial charge in [-0.05, 0) is 12.1 Å². The zero-order chi connectivity index (χ0) is 11.3. The number of amides is 1. The summed E-state index contributed by atoms with van der Waals surface area (Å²) >= 11 is 1.26. The molecule has 0 bridgehead atoms. The Balaban J connectivity index is 0.00000225. The molecule has 0 atom stereocenters. The second kappa shape index (κ2) is 7.04. The predicted molar refractivity (Wildman–Crippen MR) is 63.4 cm³/mol. The molecule has 0 saturated heterocycles. The molecule has 0 aliphatic carbocycles. The fourth-order valence-corrected chi connectivity index (χ4v) is 1.56. The molecule has 1 aromatic rings. The molecule has 1 aromatic carbocycles. The van der Waals surface area contributed by atoms with E-state index >= 15 is 0 Å². The summed E-state index contributed by atoms with van der Waals surface area (Å²) in [7, 11) is 0. The Kier molecular flexibility index (Phi) is 6.47. The maximum absolute atomic E-state index is 10.8. The van der Waals surface area contributed by atoms with Crippen molar-refractivity contribution in [1.29, 1.82) is 0 Å². The molecule has 0 aliphatic heterocycles. The van der Waals surface area contributed by atoms with Gasteiger partial charge in [0.25, 0.3) is 5.69 Å². The molecule has 3 N–H and O–H groups in total. The Morgan fingerprint density at radius 1 is 1.44 bits per heavy atom. The van der Waals surface area contributed by atoms with E-state index < -0.39 is 4.92 Å². The molecule has 1 rings (SSSR count). The summed E-state index contributed by atoms with van der Waals surface area (Å²) in [5, 5.41) is 10.3. The van der Waals surface area contributed by atoms with Crippen molar-refractivity contribution in [2.45, 2.75) is 4.90 Å². The number of benzene rings is 1. The van der Waals surface area contributed by atoms with Gasteiger partial charge in [-0.15, -0.1) is 24.2 Å². The first-order chi connectivity index (χ1) is 7.13. The highest BCUT2D eigenvalue weighted by atomic mass is 35.5. The summed E-state index contributed by atoms with van der Waals surface area (Å²) in [6.07, 6.45) is 0. The van der Waals surface area contributed by atoms with Gasteiger partial charge >= 0.3 is 0 Å². The summed E-state index contributed by atoms with van der Waals surface area (Å²) in [5.41, 5.74) is 2.03. The quantitative estimate of drug-likeness (QED) is 0.279. The van der Waals surface area contributed by atoms with Gasteiger partial charge in [0.1, 0.15) is 0 Å². The predicted octanol–water partition coefficient (Wildman–Crippen LogP) is 1.10. The fourth-order valence-electron chi connectivity index (χ4n) is 0.855. The van der Waals surface area contributed by atoms with E-state index in [0.29, 0.717) is 0 Å². The third-order valence-corrected chi connectivity index (χ3v) is 2.59. The second-order valence-electron chi connectivity index (χ2n) is 2.61. The number of hydrazine groups is 1. The maximum Gasteiger partial charge on any atom is 0.269 e. The van der Waals surface area contributed by atoms with Crippen molar-refractivity contribution in [3.63, 3.8) is 0 Å². The average Bonchev–Trinajstić information content (AvgIpc) is 2.26. The summed E-state index contributed by atoms with van der Waals surface area (Å²) in [4.78, 5) is 21.4. The van der Waals surface area contributed by atoms with Gasteiger partial charge in [0, 0.05) is 17.0 Å². The molecule has 0 fully saturated rings. The lowest BCUT2D eigenvalue weighted by Crippen LogP contribution is -2.31. The third-order valence-electron chi connectivity index (χ3n) is 1.58. The minimum Gasteiger partial charge on any atom is -0.294 e. The zero-order valence-electron chi connectivity index (χ0n) is 8.08. The van der Waals surface area contributed by atoms with Gasteiger partial charge in [0.2, 0.25) is 5.91 Å². The van der Waals surface area contributed by atoms with Gasteiger partial charge in [0.15, 0.2) is 0 Å². The van der Waals surface area contributed by atoms with Crippen LogP contribution < -0.4 is 11.3 Å². The minimum absolute atomic E-state index is 0. The van der Waals surface area contributed by atoms with Crippen molar-refractivity contribution in [2.24, 2.45) is 5.84 Å². The van der Waals surface area contributed by atoms with Gasteiger partial charge in [0.05, 0.1) is 10.7 Å². The van der Waals surface area contributed by atoms with Crippen molar-refractivity contribution in [3.05, 3.63) is 34.4 Å². The van der Waals surface area contributed by atoms with Crippen LogP contribution in [0.5, 0.6) is 0 Å². The molecule has 0 heterocycles. The lowest BCUT2D eigenvalue weighted by molar-refractivity contribution is -0.384. The van der Waals surface area contributed by atoms with E-state index in [1.165, 1.54) is 23.9 Å². The fraction of sp³-hybridized carbons (Fsp3) is 0.125. The number of hydrogen-bond acceptors (Lipinski definition) is 5. The Morgan fingerprint density at radius 2 is 2.00 bits per heavy atom. The van der Waals surface area contributed by atoms with Crippen LogP contribution in [-0.4, -0.2) is 16.6 Å². The molecule has 0 aliphatic rings. The van der Waals surface area contributed by atoms with E-state index in [2.05, 4.69) is 0 Å². The number of hydrogen-bond donors (Lipinski definition) is 2. The number of nitro benzene ring substituents is 1. The first-order valence-electron chi connectivity index (χ1n) is 4.00. The minimum atomic E-state index is -0.471. The zero-order valence-corrected chi connectivity index (χ0v) is 9.72. The summed E-state index contributed by atoms with van der Waals surface area (Å²) in [6.45, 7) is 0. The van der Waals surface area contributed by atoms with Crippen molar-refractivity contribution in [2.75, 3.05) is 5.75 Å². The molecule has 88 valence electrons. The molecule has 0 spiro atoms. The number of halogens is 1. The molecule has 0 aromatic heterocycles. The molecule has 1 amide bonds. The van der Waals surface area contributed by atoms with Gasteiger partial charge in [-0.1, -0.05) is 0 Å². The van der Waals surface area contributed by atoms with Gasteiger partial charge < -0.3 is 0 Å². The van der Waals surface area contributed by atoms with Gasteiger partial charge in [-0.25, -0.2) is 5.84 Å². The number of nitrogens with one attached hydrogen (secondary N) is 1. The van der Waals surface area contributed by atoms with Gasteiger partial charge in [-0.2, -0.15) is 0 Å². The lowest BCUT2D eigenvalue weighted by Gasteiger charge is -1.99. The molecule has 0 radical (unpaired) electrons. The molecular weight excluding hydrogens is 254 g/mol. The number of thioether (sulfide) groups is 1. The summed E-state index contributed by atoms with van der Waals surface area (Å²) in [6, 6.07) is 5.96. The standard InChI is InChI=1S/C8H9N3O3S.ClH/c9-10-8(12)5-15-7-3-1-6(2-4-7)11(13)14;/h1-4H,5,9H2,(H,10,12);1H. The van der Waals surface area contributed by atoms with E-state index in [1.54, 1.807) is 12.1 Å². The lowest BCUT2D eigenvalue weighted by atomic mass is 10.3. The first-order valence-corrected chi connectivity index (χ1v) is 4.98. The van der Waals surface area contributed by atoms with Crippen LogP contribution in [0, 0.1) is 10.1 Å². The largest absolute Gasteiger partial charge is 0.294 e. The maximum atomic E-state index is 10.8. The van der Waals surface area contributed by atoms with E-state index in [-0.39, 0.29) is 29.8 Å². The van der Waals surface area contributed by atoms with Crippen LogP contribution in [0.25, 0.3) is 0 Å². The van der Waals surface area contributed by atoms with E-state index in [9.17, 15) is 14.9 Å². The Hall–Kier alpha value is -1.31. The third kappa shape index (κ3) is 4.47. The van der Waals surface area contributed by atoms with Crippen LogP contribution in [0.1, 0.15) is 0 Å². The van der Waals surface area contributed by atoms with Crippen molar-refractivity contribution in [1.82, 2.24) is 5.43 Å². The number of non-ortho nitro benzene ring substituents is 1. The monoisotopic (exact) mass is 263 g/mol. The number of carbonyl (C=O) groups is 1. The number of rotatable bonds is 4. The molecule has 6 nitrogen and oxygen atoms in total. The highest BCUT2D eigenvalue weighted by Crippen LogP contribution is 2.20. The number of nitrogens with two attached hydrogens (primary N) is 1. The molecule has 0 unspecified atom stereocenters. The van der Waals surface area contributed by atoms with Crippen molar-refractivity contribution >= 4 is 35.8 Å². The van der Waals surface area contributed by atoms with Gasteiger partial charge in [-0.3, -0.25) is 20.3 Å². The molecule has 16 heavy (non-hydrogen) atoms. The summed E-state index contributed by atoms with van der Waals surface area (Å²) in [5.74, 6) is 4.79. The Morgan fingerprint density at radius 3 is 2.44 bits per heavy atom. The van der Waals surface area contributed by atoms with E-state index in [4.69, 9.17) is 5.84 Å². The van der Waals surface area contributed by atoms with E-state index in [1.807, 2.05) is 5.43 Å². The van der Waals surface area contributed by atoms with Crippen LogP contribution in [0.15, 0.2) is 29.2 Å². The summed E-state index contributed by atoms with van der Waals surface area (Å²) < 4.78 is 0. The normalized spacial score (nSPS) is 9.06. The van der Waals surface area contributed by atoms with Crippen LogP contribution in [0.2, 0.25) is 0 Å². The first kappa shape index (κ1) is 14.7. The number of nitro groups is 1. The van der Waals surface area contributed by atoms with Crippen molar-refractivity contribution < 1.29 is 9.72 Å². The Labute approximate surface area is 102 Å². The van der Waals surface area contributed by atoms with Crippen LogP contribution in [0.3, 0.4) is 0 Å². The Bertz CT molecular complexity index is 371. The molecule has 0 saturated carbocycles.